The number of hydrogen-bond acceptors (Lipinski definition) is 4. The van der Waals surface area contributed by atoms with Crippen LogP contribution in [0, 0.1) is 0 Å². The highest BCUT2D eigenvalue weighted by atomic mass is 32.1. The van der Waals surface area contributed by atoms with E-state index in [9.17, 15) is 5.11 Å². The molecule has 0 amide bonds. The molecule has 3 nitrogen and oxygen atoms in total. The van der Waals surface area contributed by atoms with Gasteiger partial charge in [0.2, 0.25) is 0 Å². The van der Waals surface area contributed by atoms with Gasteiger partial charge >= 0.3 is 0 Å². The molecule has 1 unspecified atom stereocenters. The van der Waals surface area contributed by atoms with Crippen LogP contribution in [-0.4, -0.2) is 19.3 Å². The summed E-state index contributed by atoms with van der Waals surface area (Å²) in [6, 6.07) is 5.55. The number of hydrogen-bond donors (Lipinski definition) is 1. The highest BCUT2D eigenvalue weighted by Gasteiger charge is 2.21. The normalized spacial score (nSPS) is 12.0. The van der Waals surface area contributed by atoms with Crippen molar-refractivity contribution in [2.45, 2.75) is 13.0 Å². The van der Waals surface area contributed by atoms with E-state index in [2.05, 4.69) is 6.58 Å². The third-order valence-corrected chi connectivity index (χ3v) is 3.86. The van der Waals surface area contributed by atoms with Crippen molar-refractivity contribution >= 4 is 16.9 Å². The van der Waals surface area contributed by atoms with Crippen LogP contribution in [0.1, 0.15) is 29.7 Å². The highest BCUT2D eigenvalue weighted by molar-refractivity contribution is 7.08. The summed E-state index contributed by atoms with van der Waals surface area (Å²) in [5.41, 5.74) is 3.27. The number of aliphatic hydroxyl groups excluding tert-OH is 1. The van der Waals surface area contributed by atoms with Crippen molar-refractivity contribution in [3.63, 3.8) is 0 Å². The third-order valence-electron chi connectivity index (χ3n) is 3.16. The Morgan fingerprint density at radius 1 is 1.30 bits per heavy atom. The molecule has 0 radical (unpaired) electrons. The first-order chi connectivity index (χ1) is 9.58. The van der Waals surface area contributed by atoms with Gasteiger partial charge in [-0.3, -0.25) is 0 Å². The molecule has 0 spiro atoms. The molecule has 2 aromatic rings. The summed E-state index contributed by atoms with van der Waals surface area (Å²) in [4.78, 5) is 0. The van der Waals surface area contributed by atoms with Crippen molar-refractivity contribution in [1.82, 2.24) is 0 Å². The van der Waals surface area contributed by atoms with Crippen LogP contribution in [0.15, 0.2) is 35.5 Å². The van der Waals surface area contributed by atoms with Gasteiger partial charge in [-0.15, -0.1) is 0 Å². The van der Waals surface area contributed by atoms with Crippen LogP contribution in [0.5, 0.6) is 11.5 Å². The Labute approximate surface area is 123 Å². The average Bonchev–Trinajstić information content (AvgIpc) is 2.99. The summed E-state index contributed by atoms with van der Waals surface area (Å²) >= 11 is 1.55. The van der Waals surface area contributed by atoms with Crippen molar-refractivity contribution in [3.8, 4) is 11.5 Å². The summed E-state index contributed by atoms with van der Waals surface area (Å²) in [6.45, 7) is 5.88. The summed E-state index contributed by atoms with van der Waals surface area (Å²) < 4.78 is 10.7. The number of methoxy groups -OCH3 is 2. The molecule has 1 aromatic heterocycles. The molecule has 0 aliphatic carbocycles. The van der Waals surface area contributed by atoms with Gasteiger partial charge in [0.25, 0.3) is 0 Å². The largest absolute Gasteiger partial charge is 0.497 e. The lowest BCUT2D eigenvalue weighted by molar-refractivity contribution is 0.214. The minimum Gasteiger partial charge on any atom is -0.497 e. The zero-order valence-corrected chi connectivity index (χ0v) is 12.7. The lowest BCUT2D eigenvalue weighted by atomic mass is 9.93. The van der Waals surface area contributed by atoms with Gasteiger partial charge in [-0.1, -0.05) is 12.2 Å². The van der Waals surface area contributed by atoms with Crippen LogP contribution in [0.3, 0.4) is 0 Å². The summed E-state index contributed by atoms with van der Waals surface area (Å²) in [7, 11) is 3.19. The van der Waals surface area contributed by atoms with Crippen molar-refractivity contribution in [2.24, 2.45) is 0 Å². The lowest BCUT2D eigenvalue weighted by Gasteiger charge is -2.20. The molecule has 106 valence electrons. The van der Waals surface area contributed by atoms with E-state index >= 15 is 0 Å². The number of benzene rings is 1. The van der Waals surface area contributed by atoms with E-state index in [0.717, 1.165) is 22.3 Å². The van der Waals surface area contributed by atoms with Gasteiger partial charge in [-0.25, -0.2) is 0 Å². The zero-order valence-electron chi connectivity index (χ0n) is 11.8. The van der Waals surface area contributed by atoms with Crippen LogP contribution in [-0.2, 0) is 0 Å². The molecule has 0 saturated heterocycles. The van der Waals surface area contributed by atoms with E-state index < -0.39 is 6.10 Å². The second-order valence-electron chi connectivity index (χ2n) is 4.53. The van der Waals surface area contributed by atoms with Gasteiger partial charge in [0, 0.05) is 11.6 Å². The Kier molecular flexibility index (Phi) is 4.47. The topological polar surface area (TPSA) is 38.7 Å². The molecule has 20 heavy (non-hydrogen) atoms. The van der Waals surface area contributed by atoms with Crippen molar-refractivity contribution in [2.75, 3.05) is 14.2 Å². The van der Waals surface area contributed by atoms with E-state index in [4.69, 9.17) is 9.47 Å². The molecule has 2 rings (SSSR count). The fourth-order valence-electron chi connectivity index (χ4n) is 2.12. The fraction of sp³-hybridized carbons (Fsp3) is 0.250. The summed E-state index contributed by atoms with van der Waals surface area (Å²) in [5.74, 6) is 1.28. The number of ether oxygens (including phenoxy) is 2. The van der Waals surface area contributed by atoms with Gasteiger partial charge in [-0.05, 0) is 40.9 Å². The van der Waals surface area contributed by atoms with E-state index in [-0.39, 0.29) is 0 Å². The van der Waals surface area contributed by atoms with Crippen LogP contribution < -0.4 is 9.47 Å². The first-order valence-electron chi connectivity index (χ1n) is 6.20. The standard InChI is InChI=1S/C16H18O3S/c1-10(2)13-7-12(18-3)8-14(19-4)15(13)16(17)11-5-6-20-9-11/h5-9,16-17H,1H2,2-4H3. The van der Waals surface area contributed by atoms with Crippen LogP contribution in [0.25, 0.3) is 5.57 Å². The highest BCUT2D eigenvalue weighted by Crippen LogP contribution is 2.39. The van der Waals surface area contributed by atoms with Crippen molar-refractivity contribution < 1.29 is 14.6 Å². The fourth-order valence-corrected chi connectivity index (χ4v) is 2.80. The van der Waals surface area contributed by atoms with E-state index in [0.29, 0.717) is 11.5 Å². The Balaban J connectivity index is 2.63. The van der Waals surface area contributed by atoms with E-state index in [1.54, 1.807) is 31.6 Å². The lowest BCUT2D eigenvalue weighted by Crippen LogP contribution is -2.05. The number of allylic oxidation sites excluding steroid dienone is 1. The SMILES string of the molecule is C=C(C)c1cc(OC)cc(OC)c1C(O)c1ccsc1. The Morgan fingerprint density at radius 3 is 2.55 bits per heavy atom. The zero-order chi connectivity index (χ0) is 14.7. The van der Waals surface area contributed by atoms with E-state index in [1.165, 1.54) is 0 Å². The second kappa shape index (κ2) is 6.11. The molecule has 0 bridgehead atoms. The first-order valence-corrected chi connectivity index (χ1v) is 7.14. The van der Waals surface area contributed by atoms with E-state index in [1.807, 2.05) is 29.8 Å². The second-order valence-corrected chi connectivity index (χ2v) is 5.31. The minimum atomic E-state index is -0.742. The molecule has 1 heterocycles. The molecule has 0 saturated carbocycles. The third kappa shape index (κ3) is 2.71. The average molecular weight is 290 g/mol. The predicted molar refractivity (Wildman–Crippen MR) is 82.6 cm³/mol. The van der Waals surface area contributed by atoms with Crippen molar-refractivity contribution in [3.05, 3.63) is 52.2 Å². The first kappa shape index (κ1) is 14.6. The van der Waals surface area contributed by atoms with Gasteiger partial charge in [-0.2, -0.15) is 11.3 Å². The maximum atomic E-state index is 10.6. The monoisotopic (exact) mass is 290 g/mol. The summed E-state index contributed by atoms with van der Waals surface area (Å²) in [5, 5.41) is 14.5. The molecule has 1 N–H and O–H groups in total. The molecule has 1 atom stereocenters. The molecule has 1 aromatic carbocycles. The Morgan fingerprint density at radius 2 is 2.05 bits per heavy atom. The summed E-state index contributed by atoms with van der Waals surface area (Å²) in [6.07, 6.45) is -0.742. The van der Waals surface area contributed by atoms with Gasteiger partial charge < -0.3 is 14.6 Å². The van der Waals surface area contributed by atoms with Gasteiger partial charge in [0.15, 0.2) is 0 Å². The predicted octanol–water partition coefficient (Wildman–Crippen LogP) is 3.88. The van der Waals surface area contributed by atoms with Crippen LogP contribution in [0.4, 0.5) is 0 Å². The molecule has 4 heteroatoms. The maximum Gasteiger partial charge on any atom is 0.129 e. The number of rotatable bonds is 5. The van der Waals surface area contributed by atoms with Gasteiger partial charge in [0.05, 0.1) is 14.2 Å². The minimum absolute atomic E-state index is 0.598. The van der Waals surface area contributed by atoms with Gasteiger partial charge in [0.1, 0.15) is 17.6 Å². The van der Waals surface area contributed by atoms with Crippen LogP contribution >= 0.6 is 11.3 Å². The number of thiophene rings is 1. The number of aliphatic hydroxyl groups is 1. The molecule has 0 aliphatic rings. The quantitative estimate of drug-likeness (QED) is 0.908. The van der Waals surface area contributed by atoms with Crippen LogP contribution in [0.2, 0.25) is 0 Å². The maximum absolute atomic E-state index is 10.6. The smallest absolute Gasteiger partial charge is 0.129 e. The molecular formula is C16H18O3S. The Bertz CT molecular complexity index is 602. The molecule has 0 aliphatic heterocycles. The van der Waals surface area contributed by atoms with Crippen molar-refractivity contribution in [1.29, 1.82) is 0 Å². The Hall–Kier alpha value is -1.78. The molecule has 0 fully saturated rings. The molecular weight excluding hydrogens is 272 g/mol.